The molecule has 2 aliphatic heterocycles. The van der Waals surface area contributed by atoms with Gasteiger partial charge in [-0.05, 0) is 83.5 Å². The van der Waals surface area contributed by atoms with Crippen molar-refractivity contribution in [2.45, 2.75) is 95.7 Å². The summed E-state index contributed by atoms with van der Waals surface area (Å²) >= 11 is 25.0. The summed E-state index contributed by atoms with van der Waals surface area (Å²) in [6, 6.07) is 28.6. The smallest absolute Gasteiger partial charge is 0.270 e. The molecule has 5 aromatic rings. The van der Waals surface area contributed by atoms with E-state index in [1.165, 1.54) is 23.5 Å². The summed E-state index contributed by atoms with van der Waals surface area (Å²) in [5, 5.41) is 23.7. The topological polar surface area (TPSA) is 186 Å². The average Bonchev–Trinajstić information content (AvgIpc) is 3.43. The van der Waals surface area contributed by atoms with Gasteiger partial charge in [-0.3, -0.25) is 28.9 Å². The van der Waals surface area contributed by atoms with E-state index in [9.17, 15) is 29.1 Å². The number of Topliss-reactive ketones (excluding diaryl/α,β-unsaturated/α-hetero) is 1. The number of halogens is 4. The zero-order valence-electron chi connectivity index (χ0n) is 43.1. The van der Waals surface area contributed by atoms with Crippen molar-refractivity contribution < 1.29 is 29.1 Å². The van der Waals surface area contributed by atoms with Crippen molar-refractivity contribution in [3.8, 4) is 0 Å². The van der Waals surface area contributed by atoms with Crippen LogP contribution in [0.4, 0.5) is 5.82 Å². The van der Waals surface area contributed by atoms with Crippen LogP contribution in [0.1, 0.15) is 103 Å². The zero-order valence-corrected chi connectivity index (χ0v) is 46.1. The van der Waals surface area contributed by atoms with Crippen molar-refractivity contribution in [2.75, 3.05) is 51.1 Å². The number of nitrogens with one attached hydrogen (secondary N) is 4. The Kier molecular flexibility index (Phi) is 22.9. The highest BCUT2D eigenvalue weighted by molar-refractivity contribution is 6.42. The van der Waals surface area contributed by atoms with Crippen LogP contribution in [-0.2, 0) is 38.6 Å². The number of benzene rings is 4. The number of carbonyl (C=O) groups excluding carboxylic acids is 5. The number of nitrogens with zero attached hydrogens (tertiary/aromatic N) is 4. The fourth-order valence-corrected chi connectivity index (χ4v) is 10.0. The quantitative estimate of drug-likeness (QED) is 0.0264. The van der Waals surface area contributed by atoms with E-state index in [-0.39, 0.29) is 68.2 Å². The van der Waals surface area contributed by atoms with Crippen molar-refractivity contribution in [1.29, 1.82) is 0 Å². The summed E-state index contributed by atoms with van der Waals surface area (Å²) < 4.78 is 0. The minimum atomic E-state index is -0.873. The Morgan fingerprint density at radius 3 is 1.92 bits per heavy atom. The number of aliphatic hydroxyl groups is 1. The Balaban J connectivity index is 0.776. The number of rotatable bonds is 26. The maximum Gasteiger partial charge on any atom is 0.270 e. The second kappa shape index (κ2) is 30.1. The monoisotopic (exact) mass is 1120 g/mol. The largest absolute Gasteiger partial charge is 0.390 e. The van der Waals surface area contributed by atoms with Gasteiger partial charge < -0.3 is 31.3 Å². The molecule has 0 radical (unpaired) electrons. The van der Waals surface area contributed by atoms with Gasteiger partial charge in [0.1, 0.15) is 23.9 Å². The highest BCUT2D eigenvalue weighted by atomic mass is 35.5. The molecule has 7 rings (SSSR count). The summed E-state index contributed by atoms with van der Waals surface area (Å²) in [6.07, 6.45) is 14.1. The molecule has 2 aliphatic rings. The third-order valence-electron chi connectivity index (χ3n) is 13.5. The number of amides is 4. The maximum absolute atomic E-state index is 14.5. The van der Waals surface area contributed by atoms with Crippen LogP contribution in [0, 0.1) is 0 Å². The molecule has 18 heteroatoms. The first kappa shape index (κ1) is 58.6. The lowest BCUT2D eigenvalue weighted by atomic mass is 9.93. The Labute approximate surface area is 471 Å². The van der Waals surface area contributed by atoms with E-state index in [1.54, 1.807) is 53.5 Å². The lowest BCUT2D eigenvalue weighted by Gasteiger charge is -2.33. The summed E-state index contributed by atoms with van der Waals surface area (Å²) in [7, 11) is 0. The SMILES string of the molecule is O=C(CNc1cc(C(=O)NCC(O)CN2CCc3ccccc3C2)ncn1)NCCCCCCCCCCCC(=O)NC(Cc1ccccc1)C(=O)N1C/C(=C\c2ccc(Cl)c(Cl)c2)C(=O)/C(=C/c2ccc(Cl)c(Cl)c2)C1. The molecule has 0 bridgehead atoms. The van der Waals surface area contributed by atoms with E-state index in [2.05, 4.69) is 48.3 Å². The normalized spacial score (nSPS) is 15.4. The summed E-state index contributed by atoms with van der Waals surface area (Å²) in [6.45, 7) is 2.74. The standard InChI is InChI=1S/C59H66Cl4N8O6/c60-48-22-20-41(29-50(48)62)27-45-36-71(37-46(57(45)75)28-42-21-23-49(61)51(63)30-42)59(77)53(31-40-15-9-8-10-16-40)69-55(73)19-11-6-4-2-1-3-5-7-14-25-64-56(74)34-65-54-32-52(67-39-68-54)58(76)66-33-47(72)38-70-26-24-43-17-12-13-18-44(43)35-70/h8-10,12-13,15-18,20-23,27-30,32,39,47,53,72H,1-7,11,14,19,24-26,31,33-38H2,(H,64,74)(H,66,76)(H,69,73)(H,65,67,68)/b45-27+,46-28+. The van der Waals surface area contributed by atoms with Gasteiger partial charge >= 0.3 is 0 Å². The first-order valence-electron chi connectivity index (χ1n) is 26.3. The summed E-state index contributed by atoms with van der Waals surface area (Å²) in [4.78, 5) is 79.4. The van der Waals surface area contributed by atoms with Crippen molar-refractivity contribution in [3.63, 3.8) is 0 Å². The molecule has 1 fully saturated rings. The van der Waals surface area contributed by atoms with Crippen LogP contribution in [-0.4, -0.2) is 112 Å². The molecule has 2 atom stereocenters. The van der Waals surface area contributed by atoms with Gasteiger partial charge in [-0.2, -0.15) is 0 Å². The molecule has 1 aromatic heterocycles. The van der Waals surface area contributed by atoms with E-state index >= 15 is 0 Å². The molecule has 5 N–H and O–H groups in total. The molecule has 1 saturated heterocycles. The molecule has 0 saturated carbocycles. The summed E-state index contributed by atoms with van der Waals surface area (Å²) in [5.74, 6) is -1.02. The second-order valence-electron chi connectivity index (χ2n) is 19.6. The minimum absolute atomic E-state index is 0.00502. The van der Waals surface area contributed by atoms with E-state index in [4.69, 9.17) is 46.4 Å². The molecule has 406 valence electrons. The predicted molar refractivity (Wildman–Crippen MR) is 306 cm³/mol. The van der Waals surface area contributed by atoms with Crippen molar-refractivity contribution in [1.82, 2.24) is 35.7 Å². The van der Waals surface area contributed by atoms with E-state index in [0.29, 0.717) is 67.7 Å². The molecule has 77 heavy (non-hydrogen) atoms. The van der Waals surface area contributed by atoms with E-state index < -0.39 is 18.1 Å². The van der Waals surface area contributed by atoms with E-state index in [1.807, 2.05) is 42.5 Å². The fourth-order valence-electron chi connectivity index (χ4n) is 9.40. The number of carbonyl (C=O) groups is 5. The minimum Gasteiger partial charge on any atom is -0.390 e. The number of fused-ring (bicyclic) bond motifs is 1. The first-order valence-corrected chi connectivity index (χ1v) is 27.8. The number of unbranched alkanes of at least 4 members (excludes halogenated alkanes) is 8. The van der Waals surface area contributed by atoms with Gasteiger partial charge in [-0.25, -0.2) is 9.97 Å². The van der Waals surface area contributed by atoms with Crippen molar-refractivity contribution in [3.05, 3.63) is 168 Å². The highest BCUT2D eigenvalue weighted by Gasteiger charge is 2.34. The van der Waals surface area contributed by atoms with Crippen LogP contribution < -0.4 is 21.3 Å². The Hall–Kier alpha value is -6.13. The molecule has 3 heterocycles. The lowest BCUT2D eigenvalue weighted by molar-refractivity contribution is -0.136. The van der Waals surface area contributed by atoms with Gasteiger partial charge in [0.15, 0.2) is 5.78 Å². The Bertz CT molecular complexity index is 2830. The molecule has 4 aromatic carbocycles. The molecular formula is C59H66Cl4N8O6. The second-order valence-corrected chi connectivity index (χ2v) is 21.2. The van der Waals surface area contributed by atoms with Gasteiger partial charge in [0.05, 0.1) is 32.7 Å². The zero-order chi connectivity index (χ0) is 54.5. The number of aliphatic hydroxyl groups excluding tert-OH is 1. The Morgan fingerprint density at radius 1 is 0.662 bits per heavy atom. The van der Waals surface area contributed by atoms with Crippen molar-refractivity contribution in [2.24, 2.45) is 0 Å². The highest BCUT2D eigenvalue weighted by Crippen LogP contribution is 2.29. The van der Waals surface area contributed by atoms with E-state index in [0.717, 1.165) is 76.4 Å². The first-order chi connectivity index (χ1) is 37.3. The number of hydrogen-bond donors (Lipinski definition) is 5. The average molecular weight is 1130 g/mol. The van der Waals surface area contributed by atoms with Gasteiger partial charge in [-0.15, -0.1) is 0 Å². The predicted octanol–water partition coefficient (Wildman–Crippen LogP) is 9.97. The van der Waals surface area contributed by atoms with Gasteiger partial charge in [0.25, 0.3) is 5.91 Å². The maximum atomic E-state index is 14.5. The lowest BCUT2D eigenvalue weighted by Crippen LogP contribution is -2.52. The van der Waals surface area contributed by atoms with Crippen LogP contribution >= 0.6 is 46.4 Å². The Morgan fingerprint density at radius 2 is 1.27 bits per heavy atom. The van der Waals surface area contributed by atoms with Gasteiger partial charge in [0, 0.05) is 75.9 Å². The number of hydrogen-bond acceptors (Lipinski definition) is 10. The third kappa shape index (κ3) is 18.8. The van der Waals surface area contributed by atoms with Crippen LogP contribution in [0.2, 0.25) is 20.1 Å². The summed E-state index contributed by atoms with van der Waals surface area (Å²) in [5.41, 5.74) is 5.67. The van der Waals surface area contributed by atoms with Crippen LogP contribution in [0.5, 0.6) is 0 Å². The number of piperidine rings is 1. The molecular weight excluding hydrogens is 1060 g/mol. The van der Waals surface area contributed by atoms with Crippen LogP contribution in [0.15, 0.2) is 115 Å². The van der Waals surface area contributed by atoms with Crippen LogP contribution in [0.25, 0.3) is 12.2 Å². The molecule has 4 amide bonds. The third-order valence-corrected chi connectivity index (χ3v) is 15.0. The molecule has 0 spiro atoms. The molecule has 2 unspecified atom stereocenters. The van der Waals surface area contributed by atoms with Gasteiger partial charge in [-0.1, -0.05) is 158 Å². The molecule has 14 nitrogen and oxygen atoms in total. The number of ketones is 1. The fraction of sp³-hybridized carbons (Fsp3) is 0.373. The number of β-amino-alcohol motifs (C(OH)–C–C–N with tert-alkyl or cyclic N) is 1. The van der Waals surface area contributed by atoms with Crippen molar-refractivity contribution >= 4 is 93.8 Å². The number of aromatic nitrogens is 2. The van der Waals surface area contributed by atoms with Crippen LogP contribution in [0.3, 0.4) is 0 Å². The number of anilines is 1. The number of likely N-dealkylation sites (tertiary alicyclic amines) is 1. The molecule has 0 aliphatic carbocycles. The van der Waals surface area contributed by atoms with Gasteiger partial charge in [0.2, 0.25) is 17.7 Å².